The van der Waals surface area contributed by atoms with Crippen LogP contribution in [0.25, 0.3) is 0 Å². The Kier molecular flexibility index (Phi) is 9.25. The van der Waals surface area contributed by atoms with Gasteiger partial charge in [-0.2, -0.15) is 0 Å². The van der Waals surface area contributed by atoms with Crippen molar-refractivity contribution in [2.75, 3.05) is 19.6 Å². The molecule has 0 aliphatic carbocycles. The maximum atomic E-state index is 4.73. The molecule has 2 aromatic rings. The van der Waals surface area contributed by atoms with E-state index in [0.29, 0.717) is 0 Å². The molecule has 6 heteroatoms. The summed E-state index contributed by atoms with van der Waals surface area (Å²) < 4.78 is 2.09. The number of aromatic nitrogens is 3. The van der Waals surface area contributed by atoms with Crippen molar-refractivity contribution in [2.24, 2.45) is 4.99 Å². The summed E-state index contributed by atoms with van der Waals surface area (Å²) in [5.41, 5.74) is 1.37. The van der Waals surface area contributed by atoms with Crippen LogP contribution in [0.4, 0.5) is 0 Å². The van der Waals surface area contributed by atoms with Crippen LogP contribution in [0.1, 0.15) is 44.5 Å². The fraction of sp³-hybridized carbons (Fsp3) is 0.550. The molecule has 0 spiro atoms. The molecule has 1 heterocycles. The Morgan fingerprint density at radius 3 is 2.65 bits per heavy atom. The lowest BCUT2D eigenvalue weighted by atomic mass is 10.1. The van der Waals surface area contributed by atoms with Crippen LogP contribution < -0.4 is 10.6 Å². The molecule has 0 fully saturated rings. The summed E-state index contributed by atoms with van der Waals surface area (Å²) in [5.74, 6) is 1.92. The molecule has 2 N–H and O–H groups in total. The highest BCUT2D eigenvalue weighted by molar-refractivity contribution is 5.79. The zero-order valence-electron chi connectivity index (χ0n) is 16.1. The lowest BCUT2D eigenvalue weighted by molar-refractivity contribution is 0.628. The highest BCUT2D eigenvalue weighted by Crippen LogP contribution is 2.02. The Hall–Kier alpha value is -2.37. The first kappa shape index (κ1) is 19.9. The number of hydrogen-bond acceptors (Lipinski definition) is 3. The second-order valence-electron chi connectivity index (χ2n) is 6.32. The fourth-order valence-electron chi connectivity index (χ4n) is 2.71. The molecule has 0 bridgehead atoms. The number of hydrogen-bond donors (Lipinski definition) is 2. The van der Waals surface area contributed by atoms with Crippen molar-refractivity contribution in [2.45, 2.75) is 52.5 Å². The van der Waals surface area contributed by atoms with Gasteiger partial charge in [-0.15, -0.1) is 10.2 Å². The van der Waals surface area contributed by atoms with Crippen molar-refractivity contribution in [3.63, 3.8) is 0 Å². The van der Waals surface area contributed by atoms with Crippen molar-refractivity contribution in [3.05, 3.63) is 48.0 Å². The molecule has 0 saturated carbocycles. The first-order valence-electron chi connectivity index (χ1n) is 9.76. The summed E-state index contributed by atoms with van der Waals surface area (Å²) in [5, 5.41) is 15.0. The highest BCUT2D eigenvalue weighted by Gasteiger charge is 2.02. The predicted molar refractivity (Wildman–Crippen MR) is 107 cm³/mol. The van der Waals surface area contributed by atoms with Crippen LogP contribution in [0.2, 0.25) is 0 Å². The largest absolute Gasteiger partial charge is 0.356 e. The van der Waals surface area contributed by atoms with Gasteiger partial charge in [-0.3, -0.25) is 4.99 Å². The van der Waals surface area contributed by atoms with Crippen LogP contribution >= 0.6 is 0 Å². The van der Waals surface area contributed by atoms with Gasteiger partial charge < -0.3 is 15.2 Å². The molecule has 0 saturated heterocycles. The van der Waals surface area contributed by atoms with E-state index in [9.17, 15) is 0 Å². The summed E-state index contributed by atoms with van der Waals surface area (Å²) in [4.78, 5) is 4.73. The number of nitrogens with zero attached hydrogens (tertiary/aromatic N) is 4. The summed E-state index contributed by atoms with van der Waals surface area (Å²) >= 11 is 0. The zero-order chi connectivity index (χ0) is 18.5. The fourth-order valence-corrected chi connectivity index (χ4v) is 2.71. The van der Waals surface area contributed by atoms with Crippen LogP contribution in [0.3, 0.4) is 0 Å². The van der Waals surface area contributed by atoms with E-state index < -0.39 is 0 Å². The first-order chi connectivity index (χ1) is 12.8. The quantitative estimate of drug-likeness (QED) is 0.369. The van der Waals surface area contributed by atoms with Gasteiger partial charge >= 0.3 is 0 Å². The van der Waals surface area contributed by atoms with Gasteiger partial charge in [-0.05, 0) is 24.8 Å². The summed E-state index contributed by atoms with van der Waals surface area (Å²) in [6.07, 6.45) is 7.13. The third-order valence-corrected chi connectivity index (χ3v) is 4.22. The van der Waals surface area contributed by atoms with Gasteiger partial charge in [0.1, 0.15) is 12.2 Å². The van der Waals surface area contributed by atoms with Crippen molar-refractivity contribution < 1.29 is 0 Å². The third-order valence-electron chi connectivity index (χ3n) is 4.22. The van der Waals surface area contributed by atoms with Gasteiger partial charge in [0, 0.05) is 32.6 Å². The summed E-state index contributed by atoms with van der Waals surface area (Å²) in [6.45, 7) is 7.72. The molecule has 0 aliphatic rings. The van der Waals surface area contributed by atoms with Crippen LogP contribution in [-0.4, -0.2) is 40.4 Å². The van der Waals surface area contributed by atoms with Gasteiger partial charge in [-0.25, -0.2) is 0 Å². The van der Waals surface area contributed by atoms with E-state index in [-0.39, 0.29) is 0 Å². The Morgan fingerprint density at radius 1 is 1.08 bits per heavy atom. The molecule has 26 heavy (non-hydrogen) atoms. The number of nitrogens with one attached hydrogen (secondary N) is 2. The van der Waals surface area contributed by atoms with E-state index >= 15 is 0 Å². The van der Waals surface area contributed by atoms with E-state index in [1.54, 1.807) is 6.33 Å². The van der Waals surface area contributed by atoms with Crippen molar-refractivity contribution in [1.29, 1.82) is 0 Å². The average Bonchev–Trinajstić information content (AvgIpc) is 3.13. The Bertz CT molecular complexity index is 635. The summed E-state index contributed by atoms with van der Waals surface area (Å²) in [6, 6.07) is 10.6. The highest BCUT2D eigenvalue weighted by atomic mass is 15.3. The molecule has 0 atom stereocenters. The second-order valence-corrected chi connectivity index (χ2v) is 6.32. The predicted octanol–water partition coefficient (Wildman–Crippen LogP) is 2.81. The first-order valence-corrected chi connectivity index (χ1v) is 9.76. The lowest BCUT2D eigenvalue weighted by Crippen LogP contribution is -2.39. The maximum absolute atomic E-state index is 4.73. The van der Waals surface area contributed by atoms with Gasteiger partial charge in [0.2, 0.25) is 0 Å². The number of benzene rings is 1. The molecule has 1 aromatic carbocycles. The normalized spacial score (nSPS) is 11.5. The van der Waals surface area contributed by atoms with E-state index in [1.807, 2.05) is 0 Å². The SMILES string of the molecule is CCCCNC(=NCCCc1ccccc1)NCCn1cnnc1CC. The molecule has 0 amide bonds. The minimum Gasteiger partial charge on any atom is -0.356 e. The molecule has 1 aromatic heterocycles. The van der Waals surface area contributed by atoms with Crippen molar-refractivity contribution in [3.8, 4) is 0 Å². The zero-order valence-corrected chi connectivity index (χ0v) is 16.1. The standard InChI is InChI=1S/C20H32N6/c1-3-5-13-21-20(22-14-9-12-18-10-7-6-8-11-18)23-15-16-26-17-24-25-19(26)4-2/h6-8,10-11,17H,3-5,9,12-16H2,1-2H3,(H2,21,22,23). The van der Waals surface area contributed by atoms with Crippen molar-refractivity contribution >= 4 is 5.96 Å². The second kappa shape index (κ2) is 12.1. The Labute approximate surface area is 157 Å². The molecule has 0 unspecified atom stereocenters. The minimum atomic E-state index is 0.807. The van der Waals surface area contributed by atoms with Gasteiger partial charge in [0.05, 0.1) is 0 Å². The van der Waals surface area contributed by atoms with E-state index in [1.165, 1.54) is 12.0 Å². The number of aliphatic imine (C=N–C) groups is 1. The molecule has 2 rings (SSSR count). The molecule has 142 valence electrons. The van der Waals surface area contributed by atoms with Crippen LogP contribution in [0.15, 0.2) is 41.7 Å². The molecular formula is C20H32N6. The maximum Gasteiger partial charge on any atom is 0.191 e. The lowest BCUT2D eigenvalue weighted by Gasteiger charge is -2.13. The van der Waals surface area contributed by atoms with Crippen LogP contribution in [0, 0.1) is 0 Å². The van der Waals surface area contributed by atoms with Gasteiger partial charge in [-0.1, -0.05) is 50.6 Å². The molecular weight excluding hydrogens is 324 g/mol. The van der Waals surface area contributed by atoms with E-state index in [0.717, 1.165) is 63.6 Å². The van der Waals surface area contributed by atoms with E-state index in [4.69, 9.17) is 4.99 Å². The Morgan fingerprint density at radius 2 is 1.88 bits per heavy atom. The average molecular weight is 357 g/mol. The summed E-state index contributed by atoms with van der Waals surface area (Å²) in [7, 11) is 0. The number of aryl methyl sites for hydroxylation is 2. The van der Waals surface area contributed by atoms with E-state index in [2.05, 4.69) is 69.6 Å². The smallest absolute Gasteiger partial charge is 0.191 e. The third kappa shape index (κ3) is 7.25. The number of unbranched alkanes of at least 4 members (excludes halogenated alkanes) is 1. The number of rotatable bonds is 11. The van der Waals surface area contributed by atoms with Crippen molar-refractivity contribution in [1.82, 2.24) is 25.4 Å². The van der Waals surface area contributed by atoms with Gasteiger partial charge in [0.15, 0.2) is 5.96 Å². The Balaban J connectivity index is 1.77. The monoisotopic (exact) mass is 356 g/mol. The van der Waals surface area contributed by atoms with Crippen LogP contribution in [0.5, 0.6) is 0 Å². The topological polar surface area (TPSA) is 67.1 Å². The minimum absolute atomic E-state index is 0.807. The molecule has 0 radical (unpaired) electrons. The molecule has 6 nitrogen and oxygen atoms in total. The van der Waals surface area contributed by atoms with Crippen LogP contribution in [-0.2, 0) is 19.4 Å². The molecule has 0 aliphatic heterocycles. The number of guanidine groups is 1. The van der Waals surface area contributed by atoms with Gasteiger partial charge in [0.25, 0.3) is 0 Å².